The number of hydrogen-bond acceptors (Lipinski definition) is 3. The lowest BCUT2D eigenvalue weighted by atomic mass is 9.94. The second-order valence-corrected chi connectivity index (χ2v) is 7.77. The van der Waals surface area contributed by atoms with Crippen LogP contribution in [0.15, 0.2) is 0 Å². The van der Waals surface area contributed by atoms with Gasteiger partial charge in [-0.2, -0.15) is 17.0 Å². The van der Waals surface area contributed by atoms with Crippen LogP contribution in [0.2, 0.25) is 0 Å². The molecule has 112 valence electrons. The summed E-state index contributed by atoms with van der Waals surface area (Å²) in [5.41, 5.74) is 0. The normalized spacial score (nSPS) is 26.6. The highest BCUT2D eigenvalue weighted by atomic mass is 32.2. The first kappa shape index (κ1) is 15.2. The number of nitrogens with zero attached hydrogens (tertiary/aromatic N) is 2. The van der Waals surface area contributed by atoms with Crippen molar-refractivity contribution in [2.75, 3.05) is 33.2 Å². The predicted octanol–water partition coefficient (Wildman–Crippen LogP) is 1.04. The summed E-state index contributed by atoms with van der Waals surface area (Å²) in [4.78, 5) is 0. The van der Waals surface area contributed by atoms with Gasteiger partial charge in [-0.3, -0.25) is 0 Å². The highest BCUT2D eigenvalue weighted by Crippen LogP contribution is 2.28. The number of piperidine rings is 1. The van der Waals surface area contributed by atoms with Gasteiger partial charge in [0.05, 0.1) is 0 Å². The molecule has 1 N–H and O–H groups in total. The fraction of sp³-hybridized carbons (Fsp3) is 1.00. The van der Waals surface area contributed by atoms with Crippen molar-refractivity contribution in [3.05, 3.63) is 0 Å². The standard InChI is InChI=1S/C13H27N3O2S/c1-3-14-10-12-6-5-9-16(11-12)19(17,18)15(2)13-7-4-8-13/h12-14H,3-11H2,1-2H3. The molecule has 2 fully saturated rings. The number of rotatable bonds is 6. The van der Waals surface area contributed by atoms with Gasteiger partial charge in [-0.1, -0.05) is 13.3 Å². The van der Waals surface area contributed by atoms with Gasteiger partial charge in [-0.25, -0.2) is 0 Å². The van der Waals surface area contributed by atoms with Crippen molar-refractivity contribution in [2.45, 2.75) is 45.1 Å². The molecule has 2 rings (SSSR count). The molecule has 6 heteroatoms. The van der Waals surface area contributed by atoms with Crippen LogP contribution < -0.4 is 5.32 Å². The van der Waals surface area contributed by atoms with E-state index in [-0.39, 0.29) is 6.04 Å². The molecule has 0 radical (unpaired) electrons. The van der Waals surface area contributed by atoms with Gasteiger partial charge in [0.1, 0.15) is 0 Å². The van der Waals surface area contributed by atoms with Crippen LogP contribution >= 0.6 is 0 Å². The molecule has 0 bridgehead atoms. The van der Waals surface area contributed by atoms with Crippen LogP contribution in [0.25, 0.3) is 0 Å². The molecule has 1 heterocycles. The smallest absolute Gasteiger partial charge is 0.281 e. The molecule has 1 saturated heterocycles. The molecule has 0 amide bonds. The fourth-order valence-electron chi connectivity index (χ4n) is 2.87. The minimum atomic E-state index is -3.24. The van der Waals surface area contributed by atoms with E-state index in [0.29, 0.717) is 19.0 Å². The van der Waals surface area contributed by atoms with Gasteiger partial charge in [-0.15, -0.1) is 0 Å². The van der Waals surface area contributed by atoms with Crippen LogP contribution in [0.3, 0.4) is 0 Å². The van der Waals surface area contributed by atoms with Crippen LogP contribution in [-0.4, -0.2) is 56.3 Å². The Kier molecular flexibility index (Phi) is 5.22. The summed E-state index contributed by atoms with van der Waals surface area (Å²) in [5, 5.41) is 3.33. The molecule has 1 unspecified atom stereocenters. The van der Waals surface area contributed by atoms with Crippen molar-refractivity contribution in [3.8, 4) is 0 Å². The molecule has 1 saturated carbocycles. The quantitative estimate of drug-likeness (QED) is 0.795. The average Bonchev–Trinajstić information content (AvgIpc) is 2.34. The van der Waals surface area contributed by atoms with Gasteiger partial charge < -0.3 is 5.32 Å². The maximum Gasteiger partial charge on any atom is 0.281 e. The zero-order chi connectivity index (χ0) is 13.9. The molecule has 0 aromatic carbocycles. The highest BCUT2D eigenvalue weighted by Gasteiger charge is 2.36. The van der Waals surface area contributed by atoms with Gasteiger partial charge >= 0.3 is 0 Å². The first-order valence-electron chi connectivity index (χ1n) is 7.49. The predicted molar refractivity (Wildman–Crippen MR) is 77.2 cm³/mol. The Bertz CT molecular complexity index is 381. The molecule has 0 aromatic heterocycles. The van der Waals surface area contributed by atoms with Crippen molar-refractivity contribution in [1.29, 1.82) is 0 Å². The number of hydrogen-bond donors (Lipinski definition) is 1. The Morgan fingerprint density at radius 2 is 2.00 bits per heavy atom. The van der Waals surface area contributed by atoms with E-state index in [1.165, 1.54) is 0 Å². The van der Waals surface area contributed by atoms with E-state index >= 15 is 0 Å². The lowest BCUT2D eigenvalue weighted by Crippen LogP contribution is -2.52. The van der Waals surface area contributed by atoms with Crippen molar-refractivity contribution < 1.29 is 8.42 Å². The van der Waals surface area contributed by atoms with Gasteiger partial charge in [0.2, 0.25) is 0 Å². The lowest BCUT2D eigenvalue weighted by molar-refractivity contribution is 0.207. The maximum atomic E-state index is 12.6. The largest absolute Gasteiger partial charge is 0.317 e. The van der Waals surface area contributed by atoms with E-state index < -0.39 is 10.2 Å². The maximum absolute atomic E-state index is 12.6. The van der Waals surface area contributed by atoms with E-state index in [4.69, 9.17) is 0 Å². The van der Waals surface area contributed by atoms with Crippen molar-refractivity contribution in [3.63, 3.8) is 0 Å². The summed E-state index contributed by atoms with van der Waals surface area (Å²) in [6.45, 7) is 5.32. The third kappa shape index (κ3) is 3.48. The number of nitrogens with one attached hydrogen (secondary N) is 1. The molecule has 1 atom stereocenters. The Balaban J connectivity index is 1.95. The fourth-order valence-corrected chi connectivity index (χ4v) is 4.58. The van der Waals surface area contributed by atoms with Crippen LogP contribution in [0.4, 0.5) is 0 Å². The second-order valence-electron chi connectivity index (χ2n) is 5.78. The first-order chi connectivity index (χ1) is 9.05. The Morgan fingerprint density at radius 3 is 2.58 bits per heavy atom. The summed E-state index contributed by atoms with van der Waals surface area (Å²) >= 11 is 0. The topological polar surface area (TPSA) is 52.7 Å². The van der Waals surface area contributed by atoms with Crippen LogP contribution in [0.1, 0.15) is 39.0 Å². The summed E-state index contributed by atoms with van der Waals surface area (Å²) < 4.78 is 28.4. The molecule has 0 spiro atoms. The van der Waals surface area contributed by atoms with E-state index in [2.05, 4.69) is 12.2 Å². The molecule has 2 aliphatic rings. The lowest BCUT2D eigenvalue weighted by Gasteiger charge is -2.39. The third-order valence-electron chi connectivity index (χ3n) is 4.44. The molecule has 19 heavy (non-hydrogen) atoms. The summed E-state index contributed by atoms with van der Waals surface area (Å²) in [7, 11) is -1.50. The first-order valence-corrected chi connectivity index (χ1v) is 8.89. The van der Waals surface area contributed by atoms with Crippen molar-refractivity contribution >= 4 is 10.2 Å². The van der Waals surface area contributed by atoms with Crippen LogP contribution in [0.5, 0.6) is 0 Å². The summed E-state index contributed by atoms with van der Waals surface area (Å²) in [6.07, 6.45) is 5.31. The molecule has 5 nitrogen and oxygen atoms in total. The van der Waals surface area contributed by atoms with E-state index in [1.54, 1.807) is 15.7 Å². The Labute approximate surface area is 117 Å². The zero-order valence-electron chi connectivity index (χ0n) is 12.1. The molecule has 1 aliphatic carbocycles. The van der Waals surface area contributed by atoms with Gasteiger partial charge in [0.25, 0.3) is 10.2 Å². The van der Waals surface area contributed by atoms with E-state index in [9.17, 15) is 8.42 Å². The zero-order valence-corrected chi connectivity index (χ0v) is 13.0. The molecule has 1 aliphatic heterocycles. The summed E-state index contributed by atoms with van der Waals surface area (Å²) in [6, 6.07) is 0.235. The summed E-state index contributed by atoms with van der Waals surface area (Å²) in [5.74, 6) is 0.457. The molecule has 0 aromatic rings. The average molecular weight is 289 g/mol. The SMILES string of the molecule is CCNCC1CCCN(S(=O)(=O)N(C)C2CCC2)C1. The van der Waals surface area contributed by atoms with Gasteiger partial charge in [0, 0.05) is 26.2 Å². The Morgan fingerprint density at radius 1 is 1.26 bits per heavy atom. The highest BCUT2D eigenvalue weighted by molar-refractivity contribution is 7.86. The third-order valence-corrected chi connectivity index (χ3v) is 6.45. The van der Waals surface area contributed by atoms with Crippen LogP contribution in [0, 0.1) is 5.92 Å². The van der Waals surface area contributed by atoms with Gasteiger partial charge in [-0.05, 0) is 44.7 Å². The molecular formula is C13H27N3O2S. The van der Waals surface area contributed by atoms with Crippen molar-refractivity contribution in [2.24, 2.45) is 5.92 Å². The molecular weight excluding hydrogens is 262 g/mol. The monoisotopic (exact) mass is 289 g/mol. The van der Waals surface area contributed by atoms with E-state index in [1.807, 2.05) is 0 Å². The Hall–Kier alpha value is -0.170. The minimum absolute atomic E-state index is 0.235. The van der Waals surface area contributed by atoms with Gasteiger partial charge in [0.15, 0.2) is 0 Å². The van der Waals surface area contributed by atoms with Crippen molar-refractivity contribution in [1.82, 2.24) is 13.9 Å². The van der Waals surface area contributed by atoms with Crippen LogP contribution in [-0.2, 0) is 10.2 Å². The van der Waals surface area contributed by atoms with E-state index in [0.717, 1.165) is 45.2 Å². The minimum Gasteiger partial charge on any atom is -0.317 e. The second kappa shape index (κ2) is 6.52.